The van der Waals surface area contributed by atoms with Crippen LogP contribution >= 0.6 is 11.6 Å². The molecule has 0 saturated heterocycles. The van der Waals surface area contributed by atoms with Gasteiger partial charge in [-0.2, -0.15) is 0 Å². The summed E-state index contributed by atoms with van der Waals surface area (Å²) in [6, 6.07) is 8.99. The zero-order valence-electron chi connectivity index (χ0n) is 11.2. The molecule has 20 heavy (non-hydrogen) atoms. The Kier molecular flexibility index (Phi) is 5.10. The van der Waals surface area contributed by atoms with E-state index >= 15 is 0 Å². The van der Waals surface area contributed by atoms with Crippen molar-refractivity contribution in [3.8, 4) is 11.1 Å². The van der Waals surface area contributed by atoms with Crippen LogP contribution in [0.15, 0.2) is 36.4 Å². The van der Waals surface area contributed by atoms with Crippen LogP contribution < -0.4 is 5.32 Å². The highest BCUT2D eigenvalue weighted by Crippen LogP contribution is 2.28. The molecule has 0 bridgehead atoms. The van der Waals surface area contributed by atoms with Crippen molar-refractivity contribution >= 4 is 11.6 Å². The third kappa shape index (κ3) is 3.56. The molecule has 0 heterocycles. The molecule has 2 rings (SSSR count). The Labute approximate surface area is 122 Å². The molecule has 0 aliphatic heterocycles. The molecule has 106 valence electrons. The van der Waals surface area contributed by atoms with Crippen LogP contribution in [0.5, 0.6) is 0 Å². The molecule has 0 aromatic heterocycles. The molecule has 0 spiro atoms. The highest BCUT2D eigenvalue weighted by molar-refractivity contribution is 6.30. The van der Waals surface area contributed by atoms with E-state index in [-0.39, 0.29) is 11.1 Å². The fourth-order valence-corrected chi connectivity index (χ4v) is 2.16. The minimum absolute atomic E-state index is 0.226. The number of nitrogens with one attached hydrogen (secondary N) is 1. The van der Waals surface area contributed by atoms with Crippen molar-refractivity contribution in [2.75, 3.05) is 6.54 Å². The van der Waals surface area contributed by atoms with Gasteiger partial charge in [0.25, 0.3) is 0 Å². The van der Waals surface area contributed by atoms with Gasteiger partial charge in [0.2, 0.25) is 0 Å². The maximum atomic E-state index is 13.9. The zero-order valence-corrected chi connectivity index (χ0v) is 12.0. The van der Waals surface area contributed by atoms with Gasteiger partial charge < -0.3 is 5.32 Å². The van der Waals surface area contributed by atoms with Gasteiger partial charge in [-0.15, -0.1) is 0 Å². The van der Waals surface area contributed by atoms with Crippen molar-refractivity contribution in [3.05, 3.63) is 58.6 Å². The molecule has 0 amide bonds. The summed E-state index contributed by atoms with van der Waals surface area (Å²) >= 11 is 5.72. The van der Waals surface area contributed by atoms with Crippen LogP contribution in [0.2, 0.25) is 5.02 Å². The van der Waals surface area contributed by atoms with Gasteiger partial charge in [0.05, 0.1) is 0 Å². The molecule has 0 saturated carbocycles. The van der Waals surface area contributed by atoms with Crippen molar-refractivity contribution < 1.29 is 8.78 Å². The maximum absolute atomic E-state index is 13.9. The van der Waals surface area contributed by atoms with Crippen molar-refractivity contribution in [1.82, 2.24) is 5.32 Å². The molecule has 2 aromatic carbocycles. The Hall–Kier alpha value is -1.45. The molecular weight excluding hydrogens is 280 g/mol. The molecule has 0 aliphatic carbocycles. The lowest BCUT2D eigenvalue weighted by molar-refractivity contribution is 0.614. The number of rotatable bonds is 5. The molecule has 0 atom stereocenters. The summed E-state index contributed by atoms with van der Waals surface area (Å²) in [4.78, 5) is 0. The first-order valence-electron chi connectivity index (χ1n) is 6.56. The average Bonchev–Trinajstić information content (AvgIpc) is 2.41. The smallest absolute Gasteiger partial charge is 0.132 e. The SMILES string of the molecule is CCCNCc1ccc(F)c(-c2ccc(Cl)cc2F)c1. The third-order valence-corrected chi connectivity index (χ3v) is 3.24. The van der Waals surface area contributed by atoms with Gasteiger partial charge in [-0.25, -0.2) is 8.78 Å². The van der Waals surface area contributed by atoms with Gasteiger partial charge >= 0.3 is 0 Å². The number of benzene rings is 2. The van der Waals surface area contributed by atoms with Crippen molar-refractivity contribution in [3.63, 3.8) is 0 Å². The first-order chi connectivity index (χ1) is 9.61. The number of hydrogen-bond acceptors (Lipinski definition) is 1. The molecular formula is C16H16ClF2N. The van der Waals surface area contributed by atoms with Crippen molar-refractivity contribution in [1.29, 1.82) is 0 Å². The highest BCUT2D eigenvalue weighted by atomic mass is 35.5. The van der Waals surface area contributed by atoms with Crippen molar-refractivity contribution in [2.45, 2.75) is 19.9 Å². The second-order valence-corrected chi connectivity index (χ2v) is 5.05. The van der Waals surface area contributed by atoms with Gasteiger partial charge in [-0.05, 0) is 48.9 Å². The standard InChI is InChI=1S/C16H16ClF2N/c1-2-7-20-10-11-3-6-15(18)14(8-11)13-5-4-12(17)9-16(13)19/h3-6,8-9,20H,2,7,10H2,1H3. The summed E-state index contributed by atoms with van der Waals surface area (Å²) in [7, 11) is 0. The van der Waals surface area contributed by atoms with E-state index in [1.165, 1.54) is 18.2 Å². The Morgan fingerprint density at radius 1 is 1.00 bits per heavy atom. The molecule has 0 radical (unpaired) electrons. The lowest BCUT2D eigenvalue weighted by atomic mass is 10.0. The van der Waals surface area contributed by atoms with E-state index in [4.69, 9.17) is 11.6 Å². The van der Waals surface area contributed by atoms with Gasteiger partial charge in [-0.3, -0.25) is 0 Å². The van der Waals surface area contributed by atoms with Gasteiger partial charge in [0.1, 0.15) is 11.6 Å². The predicted octanol–water partition coefficient (Wildman–Crippen LogP) is 4.78. The van der Waals surface area contributed by atoms with E-state index in [0.717, 1.165) is 18.5 Å². The first kappa shape index (κ1) is 14.9. The van der Waals surface area contributed by atoms with Crippen LogP contribution in [0.25, 0.3) is 11.1 Å². The van der Waals surface area contributed by atoms with Crippen LogP contribution in [-0.4, -0.2) is 6.54 Å². The number of halogens is 3. The van der Waals surface area contributed by atoms with Crippen LogP contribution in [0.4, 0.5) is 8.78 Å². The van der Waals surface area contributed by atoms with Gasteiger partial charge in [-0.1, -0.05) is 24.6 Å². The fourth-order valence-electron chi connectivity index (χ4n) is 2.01. The monoisotopic (exact) mass is 295 g/mol. The molecule has 0 fully saturated rings. The molecule has 4 heteroatoms. The topological polar surface area (TPSA) is 12.0 Å². The lowest BCUT2D eigenvalue weighted by Gasteiger charge is -2.09. The first-order valence-corrected chi connectivity index (χ1v) is 6.94. The Bertz CT molecular complexity index is 599. The van der Waals surface area contributed by atoms with E-state index in [1.54, 1.807) is 18.2 Å². The van der Waals surface area contributed by atoms with E-state index in [9.17, 15) is 8.78 Å². The summed E-state index contributed by atoms with van der Waals surface area (Å²) in [6.45, 7) is 3.60. The summed E-state index contributed by atoms with van der Waals surface area (Å²) in [5, 5.41) is 3.53. The van der Waals surface area contributed by atoms with E-state index in [2.05, 4.69) is 12.2 Å². The van der Waals surface area contributed by atoms with Gasteiger partial charge in [0.15, 0.2) is 0 Å². The molecule has 1 nitrogen and oxygen atoms in total. The summed E-state index contributed by atoms with van der Waals surface area (Å²) in [6.07, 6.45) is 1.03. The second-order valence-electron chi connectivity index (χ2n) is 4.62. The molecule has 0 aliphatic rings. The van der Waals surface area contributed by atoms with E-state index in [1.807, 2.05) is 0 Å². The Balaban J connectivity index is 2.32. The van der Waals surface area contributed by atoms with E-state index in [0.29, 0.717) is 11.6 Å². The highest BCUT2D eigenvalue weighted by Gasteiger charge is 2.11. The van der Waals surface area contributed by atoms with Crippen LogP contribution in [0, 0.1) is 11.6 Å². The average molecular weight is 296 g/mol. The Morgan fingerprint density at radius 3 is 2.50 bits per heavy atom. The molecule has 2 aromatic rings. The van der Waals surface area contributed by atoms with Gasteiger partial charge in [0, 0.05) is 22.7 Å². The fraction of sp³-hybridized carbons (Fsp3) is 0.250. The van der Waals surface area contributed by atoms with Crippen LogP contribution in [0.3, 0.4) is 0 Å². The summed E-state index contributed by atoms with van der Waals surface area (Å²) in [5.74, 6) is -0.958. The second kappa shape index (κ2) is 6.82. The third-order valence-electron chi connectivity index (χ3n) is 3.01. The summed E-state index contributed by atoms with van der Waals surface area (Å²) < 4.78 is 27.8. The maximum Gasteiger partial charge on any atom is 0.132 e. The zero-order chi connectivity index (χ0) is 14.5. The normalized spacial score (nSPS) is 10.8. The largest absolute Gasteiger partial charge is 0.313 e. The predicted molar refractivity (Wildman–Crippen MR) is 78.8 cm³/mol. The molecule has 0 unspecified atom stereocenters. The van der Waals surface area contributed by atoms with E-state index < -0.39 is 11.6 Å². The van der Waals surface area contributed by atoms with Crippen molar-refractivity contribution in [2.24, 2.45) is 0 Å². The Morgan fingerprint density at radius 2 is 1.80 bits per heavy atom. The van der Waals surface area contributed by atoms with Crippen LogP contribution in [-0.2, 0) is 6.54 Å². The lowest BCUT2D eigenvalue weighted by Crippen LogP contribution is -2.13. The molecule has 1 N–H and O–H groups in total. The minimum Gasteiger partial charge on any atom is -0.313 e. The summed E-state index contributed by atoms with van der Waals surface area (Å²) in [5.41, 5.74) is 1.41. The minimum atomic E-state index is -0.518. The van der Waals surface area contributed by atoms with Crippen LogP contribution in [0.1, 0.15) is 18.9 Å². The quantitative estimate of drug-likeness (QED) is 0.782. The number of hydrogen-bond donors (Lipinski definition) is 1.